The second kappa shape index (κ2) is 9.18. The van der Waals surface area contributed by atoms with Gasteiger partial charge in [0.1, 0.15) is 5.76 Å². The van der Waals surface area contributed by atoms with Crippen molar-refractivity contribution in [2.24, 2.45) is 0 Å². The van der Waals surface area contributed by atoms with Crippen LogP contribution in [0.2, 0.25) is 10.0 Å². The molecule has 1 aliphatic heterocycles. The Hall–Kier alpha value is -1.14. The summed E-state index contributed by atoms with van der Waals surface area (Å²) < 4.78 is 5.42. The Bertz CT molecular complexity index is 752. The van der Waals surface area contributed by atoms with Crippen LogP contribution in [0.15, 0.2) is 39.8 Å². The summed E-state index contributed by atoms with van der Waals surface area (Å²) in [5, 5.41) is 1.24. The van der Waals surface area contributed by atoms with Crippen molar-refractivity contribution in [1.29, 1.82) is 0 Å². The van der Waals surface area contributed by atoms with Crippen molar-refractivity contribution in [2.75, 3.05) is 31.9 Å². The van der Waals surface area contributed by atoms with E-state index in [0.717, 1.165) is 55.4 Å². The zero-order chi connectivity index (χ0) is 18.5. The minimum atomic E-state index is 0.151. The zero-order valence-corrected chi connectivity index (χ0v) is 17.0. The average Bonchev–Trinajstić information content (AvgIpc) is 3.01. The van der Waals surface area contributed by atoms with E-state index in [4.69, 9.17) is 27.6 Å². The monoisotopic (exact) mass is 412 g/mol. The number of nitrogens with zero attached hydrogens (tertiary/aromatic N) is 2. The van der Waals surface area contributed by atoms with Gasteiger partial charge in [0.2, 0.25) is 5.91 Å². The largest absolute Gasteiger partial charge is 0.468 e. The molecule has 0 spiro atoms. The van der Waals surface area contributed by atoms with E-state index in [9.17, 15) is 4.79 Å². The minimum absolute atomic E-state index is 0.151. The van der Waals surface area contributed by atoms with E-state index in [1.165, 1.54) is 11.8 Å². The number of thioether (sulfide) groups is 1. The predicted octanol–water partition coefficient (Wildman–Crippen LogP) is 4.72. The molecule has 1 fully saturated rings. The SMILES string of the molecule is Cc1cc(SCC(=O)N2CCCN(Cc3ccco3)CC2)c(Cl)cc1Cl. The zero-order valence-electron chi connectivity index (χ0n) is 14.7. The minimum Gasteiger partial charge on any atom is -0.468 e. The number of halogens is 2. The van der Waals surface area contributed by atoms with Crippen molar-refractivity contribution in [3.63, 3.8) is 0 Å². The molecule has 4 nitrogen and oxygen atoms in total. The Morgan fingerprint density at radius 3 is 2.81 bits per heavy atom. The summed E-state index contributed by atoms with van der Waals surface area (Å²) in [4.78, 5) is 17.8. The van der Waals surface area contributed by atoms with Gasteiger partial charge in [-0.3, -0.25) is 9.69 Å². The molecule has 7 heteroatoms. The molecule has 3 rings (SSSR count). The molecule has 0 aliphatic carbocycles. The molecule has 0 unspecified atom stereocenters. The van der Waals surface area contributed by atoms with E-state index < -0.39 is 0 Å². The molecule has 0 N–H and O–H groups in total. The summed E-state index contributed by atoms with van der Waals surface area (Å²) in [6.07, 6.45) is 2.67. The summed E-state index contributed by atoms with van der Waals surface area (Å²) in [6.45, 7) is 6.10. The molecule has 2 aromatic rings. The highest BCUT2D eigenvalue weighted by molar-refractivity contribution is 8.00. The Morgan fingerprint density at radius 1 is 1.19 bits per heavy atom. The highest BCUT2D eigenvalue weighted by atomic mass is 35.5. The van der Waals surface area contributed by atoms with Crippen LogP contribution in [0, 0.1) is 6.92 Å². The van der Waals surface area contributed by atoms with Crippen LogP contribution in [0.3, 0.4) is 0 Å². The second-order valence-electron chi connectivity index (χ2n) is 6.41. The molecule has 140 valence electrons. The number of carbonyl (C=O) groups excluding carboxylic acids is 1. The fraction of sp³-hybridized carbons (Fsp3) is 0.421. The normalized spacial score (nSPS) is 15.9. The van der Waals surface area contributed by atoms with Gasteiger partial charge < -0.3 is 9.32 Å². The summed E-state index contributed by atoms with van der Waals surface area (Å²) in [7, 11) is 0. The number of hydrogen-bond donors (Lipinski definition) is 0. The van der Waals surface area contributed by atoms with Crippen molar-refractivity contribution in [2.45, 2.75) is 24.8 Å². The molecule has 1 amide bonds. The van der Waals surface area contributed by atoms with Crippen LogP contribution in [0.5, 0.6) is 0 Å². The van der Waals surface area contributed by atoms with Crippen molar-refractivity contribution < 1.29 is 9.21 Å². The van der Waals surface area contributed by atoms with Crippen molar-refractivity contribution in [3.8, 4) is 0 Å². The maximum Gasteiger partial charge on any atom is 0.232 e. The van der Waals surface area contributed by atoms with E-state index in [0.29, 0.717) is 15.8 Å². The van der Waals surface area contributed by atoms with Crippen LogP contribution in [-0.2, 0) is 11.3 Å². The van der Waals surface area contributed by atoms with E-state index >= 15 is 0 Å². The highest BCUT2D eigenvalue weighted by Crippen LogP contribution is 2.32. The van der Waals surface area contributed by atoms with Crippen LogP contribution in [0.25, 0.3) is 0 Å². The number of hydrogen-bond acceptors (Lipinski definition) is 4. The maximum absolute atomic E-state index is 12.6. The fourth-order valence-corrected chi connectivity index (χ4v) is 4.44. The molecule has 2 heterocycles. The summed E-state index contributed by atoms with van der Waals surface area (Å²) in [5.74, 6) is 1.51. The quantitative estimate of drug-likeness (QED) is 0.665. The summed E-state index contributed by atoms with van der Waals surface area (Å²) in [5.41, 5.74) is 0.967. The van der Waals surface area contributed by atoms with Gasteiger partial charge in [-0.05, 0) is 43.2 Å². The van der Waals surface area contributed by atoms with E-state index in [2.05, 4.69) is 4.90 Å². The van der Waals surface area contributed by atoms with Gasteiger partial charge in [-0.1, -0.05) is 23.2 Å². The third kappa shape index (κ3) is 5.19. The number of benzene rings is 1. The lowest BCUT2D eigenvalue weighted by atomic mass is 10.2. The third-order valence-electron chi connectivity index (χ3n) is 4.47. The van der Waals surface area contributed by atoms with E-state index in [-0.39, 0.29) is 5.91 Å². The van der Waals surface area contributed by atoms with Gasteiger partial charge >= 0.3 is 0 Å². The Labute approximate surface area is 168 Å². The van der Waals surface area contributed by atoms with Gasteiger partial charge in [0.15, 0.2) is 0 Å². The lowest BCUT2D eigenvalue weighted by Gasteiger charge is -2.21. The average molecular weight is 413 g/mol. The van der Waals surface area contributed by atoms with Crippen molar-refractivity contribution in [3.05, 3.63) is 51.9 Å². The Kier molecular flexibility index (Phi) is 6.92. The molecule has 1 aromatic carbocycles. The van der Waals surface area contributed by atoms with Gasteiger partial charge in [0, 0.05) is 36.1 Å². The standard InChI is InChI=1S/C19H22Cl2N2O2S/c1-14-10-18(17(21)11-16(14)20)26-13-19(24)23-6-3-5-22(7-8-23)12-15-4-2-9-25-15/h2,4,9-11H,3,5-8,12-13H2,1H3. The van der Waals surface area contributed by atoms with Crippen LogP contribution in [0.4, 0.5) is 0 Å². The van der Waals surface area contributed by atoms with E-state index in [1.807, 2.05) is 30.0 Å². The smallest absolute Gasteiger partial charge is 0.232 e. The van der Waals surface area contributed by atoms with Crippen molar-refractivity contribution >= 4 is 40.9 Å². The Balaban J connectivity index is 1.51. The number of aryl methyl sites for hydroxylation is 1. The number of carbonyl (C=O) groups is 1. The van der Waals surface area contributed by atoms with Crippen molar-refractivity contribution in [1.82, 2.24) is 9.80 Å². The molecular weight excluding hydrogens is 391 g/mol. The van der Waals surface area contributed by atoms with Crippen LogP contribution in [-0.4, -0.2) is 47.6 Å². The van der Waals surface area contributed by atoms with Crippen LogP contribution in [0.1, 0.15) is 17.7 Å². The van der Waals surface area contributed by atoms with Gasteiger partial charge in [0.25, 0.3) is 0 Å². The topological polar surface area (TPSA) is 36.7 Å². The second-order valence-corrected chi connectivity index (χ2v) is 8.24. The number of furan rings is 1. The molecule has 1 saturated heterocycles. The first-order valence-electron chi connectivity index (χ1n) is 8.64. The Morgan fingerprint density at radius 2 is 2.04 bits per heavy atom. The summed E-state index contributed by atoms with van der Waals surface area (Å²) in [6, 6.07) is 7.58. The van der Waals surface area contributed by atoms with Gasteiger partial charge in [0.05, 0.1) is 23.6 Å². The first-order chi connectivity index (χ1) is 12.5. The molecule has 1 aliphatic rings. The van der Waals surface area contributed by atoms with Crippen LogP contribution < -0.4 is 0 Å². The first-order valence-corrected chi connectivity index (χ1v) is 10.4. The molecule has 1 aromatic heterocycles. The van der Waals surface area contributed by atoms with Gasteiger partial charge in [-0.2, -0.15) is 0 Å². The van der Waals surface area contributed by atoms with Crippen LogP contribution >= 0.6 is 35.0 Å². The highest BCUT2D eigenvalue weighted by Gasteiger charge is 2.20. The predicted molar refractivity (Wildman–Crippen MR) is 107 cm³/mol. The molecule has 0 radical (unpaired) electrons. The molecular formula is C19H22Cl2N2O2S. The molecule has 26 heavy (non-hydrogen) atoms. The molecule has 0 saturated carbocycles. The summed E-state index contributed by atoms with van der Waals surface area (Å²) >= 11 is 13.8. The van der Waals surface area contributed by atoms with E-state index in [1.54, 1.807) is 12.3 Å². The van der Waals surface area contributed by atoms with Gasteiger partial charge in [-0.25, -0.2) is 0 Å². The number of amides is 1. The fourth-order valence-electron chi connectivity index (χ4n) is 2.97. The first kappa shape index (κ1) is 19.6. The lowest BCUT2D eigenvalue weighted by Crippen LogP contribution is -2.36. The lowest BCUT2D eigenvalue weighted by molar-refractivity contribution is -0.128. The third-order valence-corrected chi connectivity index (χ3v) is 6.34. The van der Waals surface area contributed by atoms with Gasteiger partial charge in [-0.15, -0.1) is 11.8 Å². The maximum atomic E-state index is 12.6. The molecule has 0 atom stereocenters. The number of rotatable bonds is 5. The molecule has 0 bridgehead atoms.